The molecule has 0 spiro atoms. The molecule has 3 nitrogen and oxygen atoms in total. The van der Waals surface area contributed by atoms with Gasteiger partial charge in [0, 0.05) is 18.0 Å². The van der Waals surface area contributed by atoms with Crippen LogP contribution in [-0.2, 0) is 0 Å². The van der Waals surface area contributed by atoms with Crippen LogP contribution in [0.2, 0.25) is 0 Å². The Labute approximate surface area is 142 Å². The van der Waals surface area contributed by atoms with Gasteiger partial charge in [-0.15, -0.1) is 0 Å². The first-order valence-electron chi connectivity index (χ1n) is 7.98. The predicted molar refractivity (Wildman–Crippen MR) is 95.9 cm³/mol. The van der Waals surface area contributed by atoms with Crippen LogP contribution in [0.4, 0.5) is 0 Å². The highest BCUT2D eigenvalue weighted by Gasteiger charge is 2.19. The second-order valence-electron chi connectivity index (χ2n) is 5.92. The van der Waals surface area contributed by atoms with Crippen molar-refractivity contribution in [2.24, 2.45) is 0 Å². The van der Waals surface area contributed by atoms with Crippen LogP contribution in [0, 0.1) is 13.8 Å². The third kappa shape index (κ3) is 3.51. The van der Waals surface area contributed by atoms with Crippen molar-refractivity contribution in [2.75, 3.05) is 0 Å². The van der Waals surface area contributed by atoms with E-state index in [1.807, 2.05) is 42.5 Å². The van der Waals surface area contributed by atoms with Gasteiger partial charge in [0.2, 0.25) is 0 Å². The molecule has 3 rings (SSSR count). The molecule has 0 saturated heterocycles. The fraction of sp³-hybridized carbons (Fsp3) is 0.143. The van der Waals surface area contributed by atoms with Crippen LogP contribution in [0.25, 0.3) is 0 Å². The Hall–Kier alpha value is -2.94. The molecule has 1 amide bonds. The quantitative estimate of drug-likeness (QED) is 0.783. The molecule has 0 saturated carbocycles. The largest absolute Gasteiger partial charge is 0.341 e. The maximum atomic E-state index is 12.7. The van der Waals surface area contributed by atoms with Crippen molar-refractivity contribution in [3.05, 3.63) is 101 Å². The highest BCUT2D eigenvalue weighted by atomic mass is 16.1. The summed E-state index contributed by atoms with van der Waals surface area (Å²) in [7, 11) is 0. The van der Waals surface area contributed by atoms with E-state index in [1.54, 1.807) is 12.4 Å². The van der Waals surface area contributed by atoms with Gasteiger partial charge in [-0.05, 0) is 48.7 Å². The molecular formula is C21H20N2O. The molecule has 2 aromatic carbocycles. The fourth-order valence-corrected chi connectivity index (χ4v) is 2.76. The molecular weight excluding hydrogens is 296 g/mol. The second kappa shape index (κ2) is 7.09. The van der Waals surface area contributed by atoms with Gasteiger partial charge in [-0.1, -0.05) is 48.0 Å². The Kier molecular flexibility index (Phi) is 4.71. The van der Waals surface area contributed by atoms with E-state index in [4.69, 9.17) is 0 Å². The molecule has 24 heavy (non-hydrogen) atoms. The Bertz CT molecular complexity index is 829. The molecule has 120 valence electrons. The van der Waals surface area contributed by atoms with Gasteiger partial charge in [0.15, 0.2) is 0 Å². The van der Waals surface area contributed by atoms with Crippen molar-refractivity contribution in [3.63, 3.8) is 0 Å². The van der Waals surface area contributed by atoms with Gasteiger partial charge in [-0.2, -0.15) is 0 Å². The molecule has 0 aliphatic heterocycles. The van der Waals surface area contributed by atoms with E-state index in [0.29, 0.717) is 5.56 Å². The molecule has 1 aromatic heterocycles. The topological polar surface area (TPSA) is 42.0 Å². The van der Waals surface area contributed by atoms with Crippen LogP contribution in [0.1, 0.15) is 38.7 Å². The highest BCUT2D eigenvalue weighted by molar-refractivity contribution is 5.94. The van der Waals surface area contributed by atoms with Gasteiger partial charge >= 0.3 is 0 Å². The van der Waals surface area contributed by atoms with Gasteiger partial charge < -0.3 is 5.32 Å². The molecule has 3 heteroatoms. The zero-order chi connectivity index (χ0) is 16.9. The summed E-state index contributed by atoms with van der Waals surface area (Å²) in [6, 6.07) is 19.2. The Morgan fingerprint density at radius 3 is 2.50 bits per heavy atom. The highest BCUT2D eigenvalue weighted by Crippen LogP contribution is 2.26. The van der Waals surface area contributed by atoms with E-state index in [0.717, 1.165) is 16.7 Å². The average Bonchev–Trinajstić information content (AvgIpc) is 2.63. The van der Waals surface area contributed by atoms with Crippen LogP contribution >= 0.6 is 0 Å². The summed E-state index contributed by atoms with van der Waals surface area (Å²) in [5.41, 5.74) is 5.01. The van der Waals surface area contributed by atoms with Gasteiger partial charge in [-0.25, -0.2) is 0 Å². The van der Waals surface area contributed by atoms with E-state index in [9.17, 15) is 4.79 Å². The summed E-state index contributed by atoms with van der Waals surface area (Å²) in [5.74, 6) is -0.0923. The monoisotopic (exact) mass is 316 g/mol. The third-order valence-electron chi connectivity index (χ3n) is 4.07. The maximum absolute atomic E-state index is 12.7. The Balaban J connectivity index is 2.00. The summed E-state index contributed by atoms with van der Waals surface area (Å²) >= 11 is 0. The third-order valence-corrected chi connectivity index (χ3v) is 4.07. The number of carbonyl (C=O) groups is 1. The number of amides is 1. The lowest BCUT2D eigenvalue weighted by Gasteiger charge is -2.22. The number of hydrogen-bond donors (Lipinski definition) is 1. The first-order valence-corrected chi connectivity index (χ1v) is 7.98. The summed E-state index contributed by atoms with van der Waals surface area (Å²) < 4.78 is 0. The number of rotatable bonds is 4. The molecule has 0 unspecified atom stereocenters. The summed E-state index contributed by atoms with van der Waals surface area (Å²) in [6.45, 7) is 4.12. The van der Waals surface area contributed by atoms with E-state index >= 15 is 0 Å². The second-order valence-corrected chi connectivity index (χ2v) is 5.92. The van der Waals surface area contributed by atoms with Crippen molar-refractivity contribution in [1.82, 2.24) is 10.3 Å². The number of hydrogen-bond acceptors (Lipinski definition) is 2. The Morgan fingerprint density at radius 1 is 1.00 bits per heavy atom. The first kappa shape index (κ1) is 15.9. The van der Waals surface area contributed by atoms with Crippen molar-refractivity contribution < 1.29 is 4.79 Å². The standard InChI is InChI=1S/C21H20N2O/c1-15-10-11-16(2)19(13-15)20(18-9-6-12-22-14-18)23-21(24)17-7-4-3-5-8-17/h3-14,20H,1-2H3,(H,23,24)/t20-/m0/s1. The number of nitrogens with zero attached hydrogens (tertiary/aromatic N) is 1. The zero-order valence-electron chi connectivity index (χ0n) is 13.9. The van der Waals surface area contributed by atoms with Gasteiger partial charge in [0.05, 0.1) is 6.04 Å². The van der Waals surface area contributed by atoms with Crippen LogP contribution < -0.4 is 5.32 Å². The number of aromatic nitrogens is 1. The summed E-state index contributed by atoms with van der Waals surface area (Å²) in [5, 5.41) is 3.16. The fourth-order valence-electron chi connectivity index (χ4n) is 2.76. The van der Waals surface area contributed by atoms with Crippen molar-refractivity contribution in [3.8, 4) is 0 Å². The number of aryl methyl sites for hydroxylation is 2. The van der Waals surface area contributed by atoms with Crippen molar-refractivity contribution in [2.45, 2.75) is 19.9 Å². The van der Waals surface area contributed by atoms with Crippen LogP contribution in [0.5, 0.6) is 0 Å². The molecule has 0 bridgehead atoms. The lowest BCUT2D eigenvalue weighted by Crippen LogP contribution is -2.30. The zero-order valence-corrected chi connectivity index (χ0v) is 13.9. The number of carbonyl (C=O) groups excluding carboxylic acids is 1. The molecule has 1 heterocycles. The number of benzene rings is 2. The predicted octanol–water partition coefficient (Wildman–Crippen LogP) is 4.22. The van der Waals surface area contributed by atoms with Crippen LogP contribution in [0.15, 0.2) is 73.1 Å². The van der Waals surface area contributed by atoms with E-state index < -0.39 is 0 Å². The minimum atomic E-state index is -0.230. The average molecular weight is 316 g/mol. The molecule has 0 aliphatic rings. The minimum absolute atomic E-state index is 0.0923. The van der Waals surface area contributed by atoms with Crippen molar-refractivity contribution >= 4 is 5.91 Å². The normalized spacial score (nSPS) is 11.8. The number of pyridine rings is 1. The van der Waals surface area contributed by atoms with E-state index in [1.165, 1.54) is 5.56 Å². The smallest absolute Gasteiger partial charge is 0.252 e. The molecule has 0 fully saturated rings. The van der Waals surface area contributed by atoms with E-state index in [-0.39, 0.29) is 11.9 Å². The molecule has 3 aromatic rings. The maximum Gasteiger partial charge on any atom is 0.252 e. The minimum Gasteiger partial charge on any atom is -0.341 e. The molecule has 0 radical (unpaired) electrons. The number of nitrogens with one attached hydrogen (secondary N) is 1. The van der Waals surface area contributed by atoms with Gasteiger partial charge in [0.1, 0.15) is 0 Å². The van der Waals surface area contributed by atoms with Crippen LogP contribution in [-0.4, -0.2) is 10.9 Å². The lowest BCUT2D eigenvalue weighted by molar-refractivity contribution is 0.0943. The van der Waals surface area contributed by atoms with Gasteiger partial charge in [-0.3, -0.25) is 9.78 Å². The summed E-state index contributed by atoms with van der Waals surface area (Å²) in [4.78, 5) is 16.9. The Morgan fingerprint density at radius 2 is 1.79 bits per heavy atom. The van der Waals surface area contributed by atoms with Crippen molar-refractivity contribution in [1.29, 1.82) is 0 Å². The first-order chi connectivity index (χ1) is 11.6. The molecule has 1 N–H and O–H groups in total. The molecule has 1 atom stereocenters. The molecule has 0 aliphatic carbocycles. The SMILES string of the molecule is Cc1ccc(C)c([C@@H](NC(=O)c2ccccc2)c2cccnc2)c1. The van der Waals surface area contributed by atoms with Gasteiger partial charge in [0.25, 0.3) is 5.91 Å². The van der Waals surface area contributed by atoms with E-state index in [2.05, 4.69) is 42.3 Å². The van der Waals surface area contributed by atoms with Crippen LogP contribution in [0.3, 0.4) is 0 Å². The lowest BCUT2D eigenvalue weighted by atomic mass is 9.94. The summed E-state index contributed by atoms with van der Waals surface area (Å²) in [6.07, 6.45) is 3.54.